The third-order valence-corrected chi connectivity index (χ3v) is 4.69. The highest BCUT2D eigenvalue weighted by molar-refractivity contribution is 7.10. The highest BCUT2D eigenvalue weighted by Gasteiger charge is 2.24. The summed E-state index contributed by atoms with van der Waals surface area (Å²) in [5.74, 6) is 0.179. The molecule has 1 amide bonds. The fourth-order valence-electron chi connectivity index (χ4n) is 2.60. The molecule has 1 fully saturated rings. The van der Waals surface area contributed by atoms with Crippen molar-refractivity contribution in [2.45, 2.75) is 38.7 Å². The Kier molecular flexibility index (Phi) is 4.76. The minimum Gasteiger partial charge on any atom is -0.391 e. The van der Waals surface area contributed by atoms with Gasteiger partial charge in [-0.05, 0) is 37.2 Å². The predicted octanol–water partition coefficient (Wildman–Crippen LogP) is 1.77. The Morgan fingerprint density at radius 1 is 1.53 bits per heavy atom. The van der Waals surface area contributed by atoms with Crippen LogP contribution in [-0.2, 0) is 0 Å². The van der Waals surface area contributed by atoms with Gasteiger partial charge in [0.1, 0.15) is 5.00 Å². The van der Waals surface area contributed by atoms with Gasteiger partial charge in [0.05, 0.1) is 17.4 Å². The number of hydrogen-bond donors (Lipinski definition) is 3. The molecule has 0 spiro atoms. The molecule has 1 atom stereocenters. The molecule has 1 saturated carbocycles. The Balaban J connectivity index is 1.91. The molecule has 2 rings (SSSR count). The Morgan fingerprint density at radius 2 is 2.21 bits per heavy atom. The van der Waals surface area contributed by atoms with E-state index >= 15 is 0 Å². The third kappa shape index (κ3) is 3.25. The number of anilines is 1. The average Bonchev–Trinajstić information content (AvgIpc) is 3.04. The van der Waals surface area contributed by atoms with Gasteiger partial charge in [0.2, 0.25) is 0 Å². The maximum atomic E-state index is 12.1. The SMILES string of the molecule is CNc1snc(C)c1C(=O)NCC(O)C1CCCC1. The number of carbonyl (C=O) groups is 1. The van der Waals surface area contributed by atoms with Gasteiger partial charge in [-0.2, -0.15) is 4.37 Å². The van der Waals surface area contributed by atoms with Crippen LogP contribution in [0, 0.1) is 12.8 Å². The fraction of sp³-hybridized carbons (Fsp3) is 0.692. The first-order valence-corrected chi connectivity index (χ1v) is 7.51. The maximum absolute atomic E-state index is 12.1. The van der Waals surface area contributed by atoms with Gasteiger partial charge in [-0.25, -0.2) is 0 Å². The molecular weight excluding hydrogens is 262 g/mol. The number of carbonyl (C=O) groups excluding carboxylic acids is 1. The quantitative estimate of drug-likeness (QED) is 0.770. The summed E-state index contributed by atoms with van der Waals surface area (Å²) >= 11 is 1.28. The van der Waals surface area contributed by atoms with E-state index in [1.54, 1.807) is 7.05 Å². The Hall–Kier alpha value is -1.14. The molecule has 1 unspecified atom stereocenters. The summed E-state index contributed by atoms with van der Waals surface area (Å²) in [6, 6.07) is 0. The first-order chi connectivity index (χ1) is 9.13. The van der Waals surface area contributed by atoms with Crippen LogP contribution in [0.4, 0.5) is 5.00 Å². The maximum Gasteiger partial charge on any atom is 0.256 e. The molecule has 1 aromatic heterocycles. The summed E-state index contributed by atoms with van der Waals surface area (Å²) in [5.41, 5.74) is 1.31. The molecule has 6 heteroatoms. The van der Waals surface area contributed by atoms with Gasteiger partial charge in [0.15, 0.2) is 0 Å². The van der Waals surface area contributed by atoms with E-state index in [2.05, 4.69) is 15.0 Å². The molecule has 0 radical (unpaired) electrons. The van der Waals surface area contributed by atoms with E-state index in [1.807, 2.05) is 6.92 Å². The average molecular weight is 283 g/mol. The molecule has 0 saturated heterocycles. The number of hydrogen-bond acceptors (Lipinski definition) is 5. The van der Waals surface area contributed by atoms with E-state index in [1.165, 1.54) is 24.4 Å². The van der Waals surface area contributed by atoms with Crippen molar-refractivity contribution >= 4 is 22.4 Å². The number of rotatable bonds is 5. The van der Waals surface area contributed by atoms with E-state index in [4.69, 9.17) is 0 Å². The largest absolute Gasteiger partial charge is 0.391 e. The van der Waals surface area contributed by atoms with Crippen molar-refractivity contribution in [1.82, 2.24) is 9.69 Å². The van der Waals surface area contributed by atoms with Crippen LogP contribution >= 0.6 is 11.5 Å². The molecule has 0 aromatic carbocycles. The molecule has 1 heterocycles. The summed E-state index contributed by atoms with van der Waals surface area (Å²) in [6.07, 6.45) is 4.08. The lowest BCUT2D eigenvalue weighted by atomic mass is 10.0. The molecule has 19 heavy (non-hydrogen) atoms. The van der Waals surface area contributed by atoms with Crippen molar-refractivity contribution in [2.75, 3.05) is 18.9 Å². The lowest BCUT2D eigenvalue weighted by Gasteiger charge is -2.18. The van der Waals surface area contributed by atoms with Crippen LogP contribution in [0.3, 0.4) is 0 Å². The number of aromatic nitrogens is 1. The van der Waals surface area contributed by atoms with E-state index < -0.39 is 6.10 Å². The molecule has 0 aliphatic heterocycles. The Labute approximate surface area is 117 Å². The van der Waals surface area contributed by atoms with Crippen LogP contribution in [0.25, 0.3) is 0 Å². The highest BCUT2D eigenvalue weighted by Crippen LogP contribution is 2.28. The summed E-state index contributed by atoms with van der Waals surface area (Å²) in [6.45, 7) is 2.14. The van der Waals surface area contributed by atoms with Gasteiger partial charge in [-0.1, -0.05) is 12.8 Å². The second-order valence-corrected chi connectivity index (χ2v) is 5.82. The summed E-state index contributed by atoms with van der Waals surface area (Å²) in [5, 5.41) is 16.6. The monoisotopic (exact) mass is 283 g/mol. The van der Waals surface area contributed by atoms with Crippen molar-refractivity contribution in [2.24, 2.45) is 5.92 Å². The minimum atomic E-state index is -0.434. The lowest BCUT2D eigenvalue weighted by molar-refractivity contribution is 0.0841. The minimum absolute atomic E-state index is 0.160. The van der Waals surface area contributed by atoms with Crippen LogP contribution in [0.2, 0.25) is 0 Å². The van der Waals surface area contributed by atoms with Crippen molar-refractivity contribution in [1.29, 1.82) is 0 Å². The molecule has 1 aliphatic carbocycles. The first kappa shape index (κ1) is 14.3. The summed E-state index contributed by atoms with van der Waals surface area (Å²) < 4.78 is 4.17. The van der Waals surface area contributed by atoms with E-state index in [0.29, 0.717) is 18.0 Å². The van der Waals surface area contributed by atoms with Gasteiger partial charge in [-0.15, -0.1) is 0 Å². The van der Waals surface area contributed by atoms with Crippen LogP contribution in [0.15, 0.2) is 0 Å². The Morgan fingerprint density at radius 3 is 2.84 bits per heavy atom. The van der Waals surface area contributed by atoms with Crippen LogP contribution in [0.5, 0.6) is 0 Å². The number of aliphatic hydroxyl groups excluding tert-OH is 1. The molecule has 106 valence electrons. The zero-order valence-corrected chi connectivity index (χ0v) is 12.2. The Bertz CT molecular complexity index is 441. The van der Waals surface area contributed by atoms with Gasteiger partial charge in [0, 0.05) is 13.6 Å². The molecule has 0 bridgehead atoms. The number of amides is 1. The van der Waals surface area contributed by atoms with Crippen LogP contribution in [-0.4, -0.2) is 35.1 Å². The van der Waals surface area contributed by atoms with Crippen molar-refractivity contribution in [3.63, 3.8) is 0 Å². The third-order valence-electron chi connectivity index (χ3n) is 3.73. The second-order valence-electron chi connectivity index (χ2n) is 5.04. The topological polar surface area (TPSA) is 74.2 Å². The van der Waals surface area contributed by atoms with Crippen LogP contribution < -0.4 is 10.6 Å². The number of aryl methyl sites for hydroxylation is 1. The van der Waals surface area contributed by atoms with E-state index in [9.17, 15) is 9.90 Å². The molecular formula is C13H21N3O2S. The zero-order valence-electron chi connectivity index (χ0n) is 11.4. The van der Waals surface area contributed by atoms with E-state index in [-0.39, 0.29) is 5.91 Å². The van der Waals surface area contributed by atoms with Gasteiger partial charge >= 0.3 is 0 Å². The smallest absolute Gasteiger partial charge is 0.256 e. The molecule has 1 aliphatic rings. The number of aliphatic hydroxyl groups is 1. The molecule has 3 N–H and O–H groups in total. The molecule has 5 nitrogen and oxygen atoms in total. The zero-order chi connectivity index (χ0) is 13.8. The van der Waals surface area contributed by atoms with Gasteiger partial charge < -0.3 is 15.7 Å². The van der Waals surface area contributed by atoms with Crippen molar-refractivity contribution in [3.8, 4) is 0 Å². The first-order valence-electron chi connectivity index (χ1n) is 6.73. The summed E-state index contributed by atoms with van der Waals surface area (Å²) in [7, 11) is 1.77. The van der Waals surface area contributed by atoms with Gasteiger partial charge in [-0.3, -0.25) is 4.79 Å². The highest BCUT2D eigenvalue weighted by atomic mass is 32.1. The van der Waals surface area contributed by atoms with Crippen molar-refractivity contribution < 1.29 is 9.90 Å². The second kappa shape index (κ2) is 6.34. The van der Waals surface area contributed by atoms with Crippen molar-refractivity contribution in [3.05, 3.63) is 11.3 Å². The molecule has 1 aromatic rings. The van der Waals surface area contributed by atoms with Gasteiger partial charge in [0.25, 0.3) is 5.91 Å². The number of nitrogens with zero attached hydrogens (tertiary/aromatic N) is 1. The normalized spacial score (nSPS) is 17.4. The standard InChI is InChI=1S/C13H21N3O2S/c1-8-11(13(14-2)19-16-8)12(18)15-7-10(17)9-5-3-4-6-9/h9-10,14,17H,3-7H2,1-2H3,(H,15,18). The number of nitrogens with one attached hydrogen (secondary N) is 2. The lowest BCUT2D eigenvalue weighted by Crippen LogP contribution is -2.35. The predicted molar refractivity (Wildman–Crippen MR) is 76.7 cm³/mol. The fourth-order valence-corrected chi connectivity index (χ4v) is 3.34. The van der Waals surface area contributed by atoms with E-state index in [0.717, 1.165) is 23.5 Å². The van der Waals surface area contributed by atoms with Crippen LogP contribution in [0.1, 0.15) is 41.7 Å². The summed E-state index contributed by atoms with van der Waals surface area (Å²) in [4.78, 5) is 12.1.